The summed E-state index contributed by atoms with van der Waals surface area (Å²) in [6.45, 7) is 2.88. The van der Waals surface area contributed by atoms with Crippen molar-refractivity contribution in [3.63, 3.8) is 0 Å². The summed E-state index contributed by atoms with van der Waals surface area (Å²) in [6.07, 6.45) is 3.21. The molecule has 1 aliphatic heterocycles. The van der Waals surface area contributed by atoms with Crippen molar-refractivity contribution >= 4 is 0 Å². The molecule has 0 fully saturated rings. The van der Waals surface area contributed by atoms with Crippen LogP contribution < -0.4 is 5.32 Å². The van der Waals surface area contributed by atoms with E-state index in [1.165, 1.54) is 16.8 Å². The van der Waals surface area contributed by atoms with Crippen molar-refractivity contribution in [3.05, 3.63) is 53.3 Å². The molecule has 0 bridgehead atoms. The van der Waals surface area contributed by atoms with Gasteiger partial charge in [0.1, 0.15) is 0 Å². The van der Waals surface area contributed by atoms with Crippen LogP contribution in [0.3, 0.4) is 0 Å². The Morgan fingerprint density at radius 1 is 1.25 bits per heavy atom. The third kappa shape index (κ3) is 1.86. The molecule has 1 N–H and O–H groups in total. The molecule has 1 aromatic heterocycles. The van der Waals surface area contributed by atoms with Crippen molar-refractivity contribution < 1.29 is 0 Å². The molecule has 0 amide bonds. The van der Waals surface area contributed by atoms with Crippen LogP contribution >= 0.6 is 0 Å². The number of hydrogen-bond acceptors (Lipinski definition) is 2. The quantitative estimate of drug-likeness (QED) is 0.820. The van der Waals surface area contributed by atoms with Crippen molar-refractivity contribution in [1.82, 2.24) is 15.1 Å². The summed E-state index contributed by atoms with van der Waals surface area (Å²) in [6, 6.07) is 10.5. The first-order chi connectivity index (χ1) is 7.92. The van der Waals surface area contributed by atoms with Gasteiger partial charge in [-0.3, -0.25) is 4.68 Å². The van der Waals surface area contributed by atoms with Gasteiger partial charge in [0.25, 0.3) is 0 Å². The number of nitrogens with zero attached hydrogens (tertiary/aromatic N) is 2. The molecule has 0 saturated carbocycles. The lowest BCUT2D eigenvalue weighted by molar-refractivity contribution is 0.626. The van der Waals surface area contributed by atoms with Crippen LogP contribution in [0.1, 0.15) is 16.8 Å². The Hall–Kier alpha value is -1.61. The highest BCUT2D eigenvalue weighted by atomic mass is 15.3. The predicted molar refractivity (Wildman–Crippen MR) is 63.2 cm³/mol. The first kappa shape index (κ1) is 9.60. The Bertz CT molecular complexity index is 450. The Labute approximate surface area is 95.1 Å². The van der Waals surface area contributed by atoms with Gasteiger partial charge in [0.2, 0.25) is 0 Å². The lowest BCUT2D eigenvalue weighted by Crippen LogP contribution is -2.22. The summed E-state index contributed by atoms with van der Waals surface area (Å²) < 4.78 is 2.05. The summed E-state index contributed by atoms with van der Waals surface area (Å²) in [7, 11) is 0. The molecule has 0 unspecified atom stereocenters. The second-order valence-corrected chi connectivity index (χ2v) is 4.21. The van der Waals surface area contributed by atoms with E-state index in [0.717, 1.165) is 26.1 Å². The van der Waals surface area contributed by atoms with E-state index in [1.54, 1.807) is 0 Å². The number of fused-ring (bicyclic) bond motifs is 1. The van der Waals surface area contributed by atoms with Crippen LogP contribution in [0, 0.1) is 0 Å². The first-order valence-electron chi connectivity index (χ1n) is 5.72. The summed E-state index contributed by atoms with van der Waals surface area (Å²) >= 11 is 0. The largest absolute Gasteiger partial charge is 0.312 e. The van der Waals surface area contributed by atoms with E-state index in [1.807, 2.05) is 10.7 Å². The molecule has 0 aliphatic carbocycles. The third-order valence-corrected chi connectivity index (χ3v) is 2.97. The van der Waals surface area contributed by atoms with Gasteiger partial charge in [0.05, 0.1) is 12.2 Å². The SMILES string of the molecule is c1ccc(Cn2cc3c(n2)CCNC3)cc1. The van der Waals surface area contributed by atoms with Crippen LogP contribution in [0.5, 0.6) is 0 Å². The number of rotatable bonds is 2. The monoisotopic (exact) mass is 213 g/mol. The van der Waals surface area contributed by atoms with Crippen LogP contribution in [-0.4, -0.2) is 16.3 Å². The van der Waals surface area contributed by atoms with Gasteiger partial charge in [-0.25, -0.2) is 0 Å². The molecule has 2 heterocycles. The Balaban J connectivity index is 1.83. The summed E-state index contributed by atoms with van der Waals surface area (Å²) in [4.78, 5) is 0. The van der Waals surface area contributed by atoms with E-state index in [2.05, 4.69) is 40.9 Å². The molecule has 82 valence electrons. The van der Waals surface area contributed by atoms with Crippen molar-refractivity contribution in [2.75, 3.05) is 6.54 Å². The van der Waals surface area contributed by atoms with Crippen molar-refractivity contribution in [2.45, 2.75) is 19.5 Å². The van der Waals surface area contributed by atoms with Gasteiger partial charge >= 0.3 is 0 Å². The maximum absolute atomic E-state index is 4.62. The Morgan fingerprint density at radius 3 is 2.94 bits per heavy atom. The number of aromatic nitrogens is 2. The molecule has 16 heavy (non-hydrogen) atoms. The minimum Gasteiger partial charge on any atom is -0.312 e. The number of hydrogen-bond donors (Lipinski definition) is 1. The third-order valence-electron chi connectivity index (χ3n) is 2.97. The van der Waals surface area contributed by atoms with Gasteiger partial charge in [0.15, 0.2) is 0 Å². The fourth-order valence-corrected chi connectivity index (χ4v) is 2.14. The molecule has 0 spiro atoms. The molecule has 0 saturated heterocycles. The summed E-state index contributed by atoms with van der Waals surface area (Å²) in [5, 5.41) is 7.99. The molecule has 3 rings (SSSR count). The van der Waals surface area contributed by atoms with Gasteiger partial charge in [-0.1, -0.05) is 30.3 Å². The molecule has 1 aliphatic rings. The van der Waals surface area contributed by atoms with E-state index in [0.29, 0.717) is 0 Å². The van der Waals surface area contributed by atoms with E-state index < -0.39 is 0 Å². The van der Waals surface area contributed by atoms with Crippen LogP contribution in [0.25, 0.3) is 0 Å². The van der Waals surface area contributed by atoms with Gasteiger partial charge in [0, 0.05) is 31.3 Å². The normalized spacial score (nSPS) is 14.8. The molecule has 1 aromatic carbocycles. The zero-order chi connectivity index (χ0) is 10.8. The van der Waals surface area contributed by atoms with Crippen molar-refractivity contribution in [3.8, 4) is 0 Å². The van der Waals surface area contributed by atoms with Crippen LogP contribution in [-0.2, 0) is 19.5 Å². The van der Waals surface area contributed by atoms with Gasteiger partial charge < -0.3 is 5.32 Å². The number of benzene rings is 1. The molecule has 3 heteroatoms. The highest BCUT2D eigenvalue weighted by Gasteiger charge is 2.12. The lowest BCUT2D eigenvalue weighted by atomic mass is 10.1. The molecule has 2 aromatic rings. The smallest absolute Gasteiger partial charge is 0.0682 e. The van der Waals surface area contributed by atoms with E-state index >= 15 is 0 Å². The molecule has 3 nitrogen and oxygen atoms in total. The molecular formula is C13H15N3. The van der Waals surface area contributed by atoms with Crippen molar-refractivity contribution in [2.24, 2.45) is 0 Å². The summed E-state index contributed by atoms with van der Waals surface area (Å²) in [5.41, 5.74) is 3.91. The Morgan fingerprint density at radius 2 is 2.12 bits per heavy atom. The first-order valence-corrected chi connectivity index (χ1v) is 5.72. The minimum absolute atomic E-state index is 0.869. The standard InChI is InChI=1S/C13H15N3/c1-2-4-11(5-3-1)9-16-10-12-8-14-7-6-13(12)15-16/h1-5,10,14H,6-9H2. The highest BCUT2D eigenvalue weighted by molar-refractivity contribution is 5.21. The highest BCUT2D eigenvalue weighted by Crippen LogP contribution is 2.12. The maximum Gasteiger partial charge on any atom is 0.0682 e. The van der Waals surface area contributed by atoms with Crippen LogP contribution in [0.2, 0.25) is 0 Å². The van der Waals surface area contributed by atoms with E-state index in [4.69, 9.17) is 0 Å². The molecule has 0 atom stereocenters. The molecule has 0 radical (unpaired) electrons. The number of nitrogens with one attached hydrogen (secondary N) is 1. The zero-order valence-electron chi connectivity index (χ0n) is 9.19. The van der Waals surface area contributed by atoms with E-state index in [-0.39, 0.29) is 0 Å². The summed E-state index contributed by atoms with van der Waals surface area (Å²) in [5.74, 6) is 0. The maximum atomic E-state index is 4.62. The second kappa shape index (κ2) is 4.10. The molecular weight excluding hydrogens is 198 g/mol. The topological polar surface area (TPSA) is 29.9 Å². The fraction of sp³-hybridized carbons (Fsp3) is 0.308. The average Bonchev–Trinajstić information content (AvgIpc) is 2.72. The van der Waals surface area contributed by atoms with Gasteiger partial charge in [-0.2, -0.15) is 5.10 Å². The fourth-order valence-electron chi connectivity index (χ4n) is 2.14. The lowest BCUT2D eigenvalue weighted by Gasteiger charge is -2.09. The zero-order valence-corrected chi connectivity index (χ0v) is 9.19. The van der Waals surface area contributed by atoms with Gasteiger partial charge in [-0.05, 0) is 5.56 Å². The predicted octanol–water partition coefficient (Wildman–Crippen LogP) is 1.58. The van der Waals surface area contributed by atoms with E-state index in [9.17, 15) is 0 Å². The average molecular weight is 213 g/mol. The van der Waals surface area contributed by atoms with Crippen molar-refractivity contribution in [1.29, 1.82) is 0 Å². The van der Waals surface area contributed by atoms with Crippen LogP contribution in [0.15, 0.2) is 36.5 Å². The van der Waals surface area contributed by atoms with Gasteiger partial charge in [-0.15, -0.1) is 0 Å². The Kier molecular flexibility index (Phi) is 2.46. The second-order valence-electron chi connectivity index (χ2n) is 4.21. The minimum atomic E-state index is 0.869. The van der Waals surface area contributed by atoms with Crippen LogP contribution in [0.4, 0.5) is 0 Å².